The van der Waals surface area contributed by atoms with Crippen molar-refractivity contribution in [3.05, 3.63) is 59.2 Å². The topological polar surface area (TPSA) is 30.7 Å². The van der Waals surface area contributed by atoms with Gasteiger partial charge in [-0.05, 0) is 55.7 Å². The van der Waals surface area contributed by atoms with E-state index in [0.717, 1.165) is 29.9 Å². The van der Waals surface area contributed by atoms with Crippen molar-refractivity contribution in [3.63, 3.8) is 0 Å². The largest absolute Gasteiger partial charge is 0.331 e. The van der Waals surface area contributed by atoms with Gasteiger partial charge in [-0.3, -0.25) is 4.98 Å². The number of imidazole rings is 1. The number of benzene rings is 1. The molecule has 2 heterocycles. The maximum Gasteiger partial charge on any atom is 0.109 e. The van der Waals surface area contributed by atoms with Gasteiger partial charge in [-0.15, -0.1) is 0 Å². The molecule has 0 N–H and O–H groups in total. The normalized spacial score (nSPS) is 11.2. The molecule has 0 spiro atoms. The first kappa shape index (κ1) is 12.9. The monoisotopic (exact) mass is 265 g/mol. The number of aryl methyl sites for hydroxylation is 5. The van der Waals surface area contributed by atoms with Crippen LogP contribution in [0.1, 0.15) is 22.6 Å². The predicted molar refractivity (Wildman–Crippen MR) is 81.8 cm³/mol. The zero-order valence-electron chi connectivity index (χ0n) is 12.2. The fourth-order valence-corrected chi connectivity index (χ4v) is 2.55. The summed E-state index contributed by atoms with van der Waals surface area (Å²) in [6.45, 7) is 4.21. The first-order chi connectivity index (χ1) is 9.63. The van der Waals surface area contributed by atoms with Crippen molar-refractivity contribution < 1.29 is 0 Å². The van der Waals surface area contributed by atoms with Crippen molar-refractivity contribution in [1.29, 1.82) is 0 Å². The summed E-state index contributed by atoms with van der Waals surface area (Å²) in [6, 6.07) is 10.6. The summed E-state index contributed by atoms with van der Waals surface area (Å²) < 4.78 is 2.19. The Bertz CT molecular complexity index is 756. The maximum atomic E-state index is 4.73. The molecule has 0 aliphatic rings. The van der Waals surface area contributed by atoms with Crippen molar-refractivity contribution in [1.82, 2.24) is 14.5 Å². The number of nitrogens with zero attached hydrogens (tertiary/aromatic N) is 3. The molecule has 0 atom stereocenters. The lowest BCUT2D eigenvalue weighted by molar-refractivity contribution is 0.775. The van der Waals surface area contributed by atoms with Crippen LogP contribution in [0, 0.1) is 13.8 Å². The van der Waals surface area contributed by atoms with Crippen LogP contribution in [-0.2, 0) is 19.9 Å². The fourth-order valence-electron chi connectivity index (χ4n) is 2.55. The smallest absolute Gasteiger partial charge is 0.109 e. The Kier molecular flexibility index (Phi) is 3.26. The van der Waals surface area contributed by atoms with E-state index < -0.39 is 0 Å². The van der Waals surface area contributed by atoms with Crippen LogP contribution in [0.3, 0.4) is 0 Å². The molecular formula is C17H19N3. The molecule has 2 aromatic heterocycles. The van der Waals surface area contributed by atoms with Crippen LogP contribution in [0.2, 0.25) is 0 Å². The molecule has 0 saturated carbocycles. The number of aromatic nitrogens is 3. The van der Waals surface area contributed by atoms with Gasteiger partial charge >= 0.3 is 0 Å². The quantitative estimate of drug-likeness (QED) is 0.727. The highest BCUT2D eigenvalue weighted by atomic mass is 15.1. The molecule has 1 aromatic carbocycles. The Morgan fingerprint density at radius 1 is 1.00 bits per heavy atom. The second-order valence-corrected chi connectivity index (χ2v) is 5.40. The molecule has 3 aromatic rings. The van der Waals surface area contributed by atoms with Gasteiger partial charge in [0.25, 0.3) is 0 Å². The molecule has 0 aliphatic heterocycles. The van der Waals surface area contributed by atoms with Crippen LogP contribution in [0.15, 0.2) is 36.5 Å². The SMILES string of the molecule is Cc1ccnc(CCc2nc3ccc(C)cc3n2C)c1. The van der Waals surface area contributed by atoms with Crippen molar-refractivity contribution in [2.75, 3.05) is 0 Å². The average Bonchev–Trinajstić information content (AvgIpc) is 2.73. The Hall–Kier alpha value is -2.16. The first-order valence-corrected chi connectivity index (χ1v) is 6.97. The van der Waals surface area contributed by atoms with Gasteiger partial charge in [0, 0.05) is 25.4 Å². The molecule has 0 fully saturated rings. The molecule has 3 heteroatoms. The summed E-state index contributed by atoms with van der Waals surface area (Å²) in [5, 5.41) is 0. The van der Waals surface area contributed by atoms with E-state index in [2.05, 4.69) is 54.7 Å². The van der Waals surface area contributed by atoms with Crippen molar-refractivity contribution >= 4 is 11.0 Å². The zero-order chi connectivity index (χ0) is 14.1. The Morgan fingerprint density at radius 3 is 2.60 bits per heavy atom. The number of rotatable bonds is 3. The molecule has 3 nitrogen and oxygen atoms in total. The number of fused-ring (bicyclic) bond motifs is 1. The van der Waals surface area contributed by atoms with E-state index in [1.54, 1.807) is 0 Å². The van der Waals surface area contributed by atoms with E-state index in [1.807, 2.05) is 12.3 Å². The number of hydrogen-bond acceptors (Lipinski definition) is 2. The van der Waals surface area contributed by atoms with Gasteiger partial charge in [0.2, 0.25) is 0 Å². The van der Waals surface area contributed by atoms with Crippen LogP contribution in [-0.4, -0.2) is 14.5 Å². The van der Waals surface area contributed by atoms with Gasteiger partial charge in [0.1, 0.15) is 5.82 Å². The third-order valence-corrected chi connectivity index (χ3v) is 3.71. The maximum absolute atomic E-state index is 4.73. The molecule has 20 heavy (non-hydrogen) atoms. The van der Waals surface area contributed by atoms with E-state index in [0.29, 0.717) is 0 Å². The molecule has 0 bridgehead atoms. The van der Waals surface area contributed by atoms with E-state index in [4.69, 9.17) is 4.98 Å². The highest BCUT2D eigenvalue weighted by Gasteiger charge is 2.08. The van der Waals surface area contributed by atoms with Gasteiger partial charge in [0.05, 0.1) is 11.0 Å². The Morgan fingerprint density at radius 2 is 1.80 bits per heavy atom. The highest BCUT2D eigenvalue weighted by molar-refractivity contribution is 5.76. The Labute approximate surface area is 119 Å². The Balaban J connectivity index is 1.86. The molecular weight excluding hydrogens is 246 g/mol. The van der Waals surface area contributed by atoms with Crippen LogP contribution in [0.25, 0.3) is 11.0 Å². The summed E-state index contributed by atoms with van der Waals surface area (Å²) in [7, 11) is 2.09. The lowest BCUT2D eigenvalue weighted by Gasteiger charge is -2.03. The molecule has 0 saturated heterocycles. The summed E-state index contributed by atoms with van der Waals surface area (Å²) in [6.07, 6.45) is 3.72. The predicted octanol–water partition coefficient (Wildman–Crippen LogP) is 3.37. The second kappa shape index (κ2) is 5.08. The van der Waals surface area contributed by atoms with E-state index >= 15 is 0 Å². The van der Waals surface area contributed by atoms with E-state index in [-0.39, 0.29) is 0 Å². The van der Waals surface area contributed by atoms with E-state index in [1.165, 1.54) is 16.6 Å². The summed E-state index contributed by atoms with van der Waals surface area (Å²) in [5.74, 6) is 1.12. The minimum Gasteiger partial charge on any atom is -0.331 e. The third kappa shape index (κ3) is 2.44. The minimum absolute atomic E-state index is 0.917. The molecule has 0 unspecified atom stereocenters. The van der Waals surface area contributed by atoms with Crippen molar-refractivity contribution in [2.45, 2.75) is 26.7 Å². The van der Waals surface area contributed by atoms with Gasteiger partial charge in [-0.1, -0.05) is 6.07 Å². The van der Waals surface area contributed by atoms with Gasteiger partial charge in [0.15, 0.2) is 0 Å². The van der Waals surface area contributed by atoms with E-state index in [9.17, 15) is 0 Å². The summed E-state index contributed by atoms with van der Waals surface area (Å²) >= 11 is 0. The standard InChI is InChI=1S/C17H19N3/c1-12-4-6-15-16(11-12)20(3)17(19-15)7-5-14-10-13(2)8-9-18-14/h4,6,8-11H,5,7H2,1-3H3. The average molecular weight is 265 g/mol. The van der Waals surface area contributed by atoms with Crippen LogP contribution >= 0.6 is 0 Å². The highest BCUT2D eigenvalue weighted by Crippen LogP contribution is 2.17. The fraction of sp³-hybridized carbons (Fsp3) is 0.294. The molecule has 0 aliphatic carbocycles. The third-order valence-electron chi connectivity index (χ3n) is 3.71. The van der Waals surface area contributed by atoms with Gasteiger partial charge in [-0.25, -0.2) is 4.98 Å². The number of hydrogen-bond donors (Lipinski definition) is 0. The first-order valence-electron chi connectivity index (χ1n) is 6.97. The summed E-state index contributed by atoms with van der Waals surface area (Å²) in [4.78, 5) is 9.14. The molecule has 102 valence electrons. The lowest BCUT2D eigenvalue weighted by Crippen LogP contribution is -2.01. The lowest BCUT2D eigenvalue weighted by atomic mass is 10.1. The minimum atomic E-state index is 0.917. The summed E-state index contributed by atoms with van der Waals surface area (Å²) in [5.41, 5.74) is 5.94. The molecule has 3 rings (SSSR count). The zero-order valence-corrected chi connectivity index (χ0v) is 12.2. The number of pyridine rings is 1. The van der Waals surface area contributed by atoms with Gasteiger partial charge < -0.3 is 4.57 Å². The van der Waals surface area contributed by atoms with Crippen LogP contribution in [0.5, 0.6) is 0 Å². The van der Waals surface area contributed by atoms with Crippen molar-refractivity contribution in [3.8, 4) is 0 Å². The van der Waals surface area contributed by atoms with Crippen LogP contribution < -0.4 is 0 Å². The second-order valence-electron chi connectivity index (χ2n) is 5.40. The molecule has 0 radical (unpaired) electrons. The van der Waals surface area contributed by atoms with Crippen LogP contribution in [0.4, 0.5) is 0 Å². The van der Waals surface area contributed by atoms with Gasteiger partial charge in [-0.2, -0.15) is 0 Å². The molecule has 0 amide bonds. The van der Waals surface area contributed by atoms with Crippen molar-refractivity contribution in [2.24, 2.45) is 7.05 Å².